The average Bonchev–Trinajstić information content (AvgIpc) is 2.49. The van der Waals surface area contributed by atoms with Gasteiger partial charge < -0.3 is 5.32 Å². The molecule has 20 heavy (non-hydrogen) atoms. The van der Waals surface area contributed by atoms with Gasteiger partial charge >= 0.3 is 0 Å². The zero-order valence-corrected chi connectivity index (χ0v) is 13.9. The molecule has 0 aliphatic carbocycles. The maximum atomic E-state index is 3.69. The van der Waals surface area contributed by atoms with Crippen LogP contribution >= 0.6 is 0 Å². The van der Waals surface area contributed by atoms with Crippen molar-refractivity contribution in [2.45, 2.75) is 65.1 Å². The minimum absolute atomic E-state index is 0.414. The number of benzene rings is 1. The molecule has 0 spiro atoms. The Kier molecular flexibility index (Phi) is 7.86. The molecule has 0 aliphatic rings. The van der Waals surface area contributed by atoms with Crippen molar-refractivity contribution in [2.75, 3.05) is 13.6 Å². The Morgan fingerprint density at radius 2 is 1.55 bits per heavy atom. The first-order valence-electron chi connectivity index (χ1n) is 8.19. The van der Waals surface area contributed by atoms with Gasteiger partial charge in [0.05, 0.1) is 0 Å². The summed E-state index contributed by atoms with van der Waals surface area (Å²) in [6.45, 7) is 10.1. The highest BCUT2D eigenvalue weighted by Gasteiger charge is 2.27. The van der Waals surface area contributed by atoms with Crippen LogP contribution in [0.4, 0.5) is 0 Å². The largest absolute Gasteiger partial charge is 0.309 e. The molecule has 0 saturated heterocycles. The molecular formula is C18H32N2. The average molecular weight is 276 g/mol. The second kappa shape index (κ2) is 9.15. The van der Waals surface area contributed by atoms with Gasteiger partial charge in [0.15, 0.2) is 0 Å². The zero-order chi connectivity index (χ0) is 15.0. The van der Waals surface area contributed by atoms with E-state index in [0.29, 0.717) is 18.1 Å². The van der Waals surface area contributed by atoms with E-state index < -0.39 is 0 Å². The fraction of sp³-hybridized carbons (Fsp3) is 0.667. The van der Waals surface area contributed by atoms with Crippen molar-refractivity contribution in [3.05, 3.63) is 35.9 Å². The maximum absolute atomic E-state index is 3.69. The Morgan fingerprint density at radius 3 is 2.00 bits per heavy atom. The van der Waals surface area contributed by atoms with Crippen LogP contribution in [0.2, 0.25) is 0 Å². The normalized spacial score (nSPS) is 14.8. The Balaban J connectivity index is 2.97. The number of likely N-dealkylation sites (N-methyl/N-ethyl adjacent to an activating group) is 2. The second-order valence-electron chi connectivity index (χ2n) is 5.56. The molecule has 1 aromatic rings. The molecule has 0 heterocycles. The van der Waals surface area contributed by atoms with Gasteiger partial charge in [0.2, 0.25) is 0 Å². The first kappa shape index (κ1) is 17.2. The lowest BCUT2D eigenvalue weighted by Crippen LogP contribution is -2.47. The lowest BCUT2D eigenvalue weighted by atomic mass is 9.94. The third kappa shape index (κ3) is 4.32. The Labute approximate surface area is 125 Å². The van der Waals surface area contributed by atoms with Gasteiger partial charge in [-0.1, -0.05) is 58.0 Å². The molecule has 0 saturated carbocycles. The topological polar surface area (TPSA) is 15.3 Å². The van der Waals surface area contributed by atoms with Crippen LogP contribution in [0.15, 0.2) is 30.3 Å². The lowest BCUT2D eigenvalue weighted by Gasteiger charge is -2.39. The van der Waals surface area contributed by atoms with E-state index in [1.165, 1.54) is 24.8 Å². The second-order valence-corrected chi connectivity index (χ2v) is 5.56. The molecule has 1 rings (SSSR count). The fourth-order valence-corrected chi connectivity index (χ4v) is 3.25. The summed E-state index contributed by atoms with van der Waals surface area (Å²) < 4.78 is 0. The van der Waals surface area contributed by atoms with Crippen LogP contribution in [-0.4, -0.2) is 30.6 Å². The molecule has 1 aromatic carbocycles. The molecule has 1 N–H and O–H groups in total. The number of rotatable bonds is 9. The van der Waals surface area contributed by atoms with Crippen molar-refractivity contribution in [1.29, 1.82) is 0 Å². The number of nitrogens with zero attached hydrogens (tertiary/aromatic N) is 1. The smallest absolute Gasteiger partial charge is 0.0477 e. The van der Waals surface area contributed by atoms with Gasteiger partial charge in [-0.05, 0) is 38.4 Å². The van der Waals surface area contributed by atoms with Gasteiger partial charge in [0.1, 0.15) is 0 Å². The van der Waals surface area contributed by atoms with Crippen molar-refractivity contribution in [1.82, 2.24) is 10.2 Å². The summed E-state index contributed by atoms with van der Waals surface area (Å²) in [7, 11) is 2.29. The highest BCUT2D eigenvalue weighted by molar-refractivity contribution is 5.20. The molecule has 0 fully saturated rings. The SMILES string of the molecule is CCNC(c1ccccc1)C(CC)N(C)C(CC)CC. The van der Waals surface area contributed by atoms with Gasteiger partial charge in [0, 0.05) is 18.1 Å². The highest BCUT2D eigenvalue weighted by Crippen LogP contribution is 2.25. The molecule has 2 nitrogen and oxygen atoms in total. The highest BCUT2D eigenvalue weighted by atomic mass is 15.2. The molecule has 2 heteroatoms. The molecule has 0 aromatic heterocycles. The van der Waals surface area contributed by atoms with Gasteiger partial charge in [0.25, 0.3) is 0 Å². The van der Waals surface area contributed by atoms with E-state index in [-0.39, 0.29) is 0 Å². The monoisotopic (exact) mass is 276 g/mol. The van der Waals surface area contributed by atoms with E-state index in [1.807, 2.05) is 0 Å². The van der Waals surface area contributed by atoms with Crippen molar-refractivity contribution >= 4 is 0 Å². The van der Waals surface area contributed by atoms with Crippen LogP contribution < -0.4 is 5.32 Å². The van der Waals surface area contributed by atoms with Crippen molar-refractivity contribution in [2.24, 2.45) is 0 Å². The summed E-state index contributed by atoms with van der Waals surface area (Å²) in [6.07, 6.45) is 3.60. The third-order valence-corrected chi connectivity index (χ3v) is 4.43. The molecule has 0 aliphatic heterocycles. The van der Waals surface area contributed by atoms with Crippen molar-refractivity contribution in [3.63, 3.8) is 0 Å². The summed E-state index contributed by atoms with van der Waals surface area (Å²) in [6, 6.07) is 12.5. The van der Waals surface area contributed by atoms with Crippen molar-refractivity contribution in [3.8, 4) is 0 Å². The number of hydrogen-bond donors (Lipinski definition) is 1. The van der Waals surface area contributed by atoms with E-state index >= 15 is 0 Å². The van der Waals surface area contributed by atoms with Gasteiger partial charge in [-0.25, -0.2) is 0 Å². The van der Waals surface area contributed by atoms with Crippen LogP contribution in [0, 0.1) is 0 Å². The third-order valence-electron chi connectivity index (χ3n) is 4.43. The van der Waals surface area contributed by atoms with E-state index in [4.69, 9.17) is 0 Å². The summed E-state index contributed by atoms with van der Waals surface area (Å²) in [5, 5.41) is 3.69. The molecule has 0 bridgehead atoms. The van der Waals surface area contributed by atoms with Crippen LogP contribution in [0.25, 0.3) is 0 Å². The summed E-state index contributed by atoms with van der Waals surface area (Å²) in [4.78, 5) is 2.58. The Bertz CT molecular complexity index is 346. The minimum atomic E-state index is 0.414. The lowest BCUT2D eigenvalue weighted by molar-refractivity contribution is 0.126. The van der Waals surface area contributed by atoms with Crippen molar-refractivity contribution < 1.29 is 0 Å². The van der Waals surface area contributed by atoms with Gasteiger partial charge in [-0.2, -0.15) is 0 Å². The number of nitrogens with one attached hydrogen (secondary N) is 1. The predicted molar refractivity (Wildman–Crippen MR) is 89.1 cm³/mol. The van der Waals surface area contributed by atoms with E-state index in [2.05, 4.69) is 75.3 Å². The van der Waals surface area contributed by atoms with E-state index in [1.54, 1.807) is 0 Å². The molecule has 2 unspecified atom stereocenters. The first-order chi connectivity index (χ1) is 9.69. The Morgan fingerprint density at radius 1 is 0.950 bits per heavy atom. The van der Waals surface area contributed by atoms with Crippen LogP contribution in [0.3, 0.4) is 0 Å². The van der Waals surface area contributed by atoms with Crippen LogP contribution in [0.1, 0.15) is 58.6 Å². The molecule has 0 radical (unpaired) electrons. The summed E-state index contributed by atoms with van der Waals surface area (Å²) in [5.74, 6) is 0. The van der Waals surface area contributed by atoms with Crippen LogP contribution in [-0.2, 0) is 0 Å². The standard InChI is InChI=1S/C18H32N2/c1-6-16(7-2)20(5)17(8-3)18(19-9-4)15-13-11-10-12-14-15/h10-14,16-19H,6-9H2,1-5H3. The fourth-order valence-electron chi connectivity index (χ4n) is 3.25. The minimum Gasteiger partial charge on any atom is -0.309 e. The van der Waals surface area contributed by atoms with E-state index in [0.717, 1.165) is 6.54 Å². The van der Waals surface area contributed by atoms with E-state index in [9.17, 15) is 0 Å². The van der Waals surface area contributed by atoms with Gasteiger partial charge in [-0.15, -0.1) is 0 Å². The molecule has 2 atom stereocenters. The number of hydrogen-bond acceptors (Lipinski definition) is 2. The van der Waals surface area contributed by atoms with Gasteiger partial charge in [-0.3, -0.25) is 4.90 Å². The zero-order valence-electron chi connectivity index (χ0n) is 13.9. The summed E-state index contributed by atoms with van der Waals surface area (Å²) >= 11 is 0. The molecule has 0 amide bonds. The van der Waals surface area contributed by atoms with Crippen LogP contribution in [0.5, 0.6) is 0 Å². The quantitative estimate of drug-likeness (QED) is 0.726. The molecule has 114 valence electrons. The predicted octanol–water partition coefficient (Wildman–Crippen LogP) is 4.24. The maximum Gasteiger partial charge on any atom is 0.0477 e. The summed E-state index contributed by atoms with van der Waals surface area (Å²) in [5.41, 5.74) is 1.40. The Hall–Kier alpha value is -0.860. The molecular weight excluding hydrogens is 244 g/mol. The first-order valence-corrected chi connectivity index (χ1v) is 8.19.